The van der Waals surface area contributed by atoms with Gasteiger partial charge in [-0.05, 0) is 86.6 Å². The summed E-state index contributed by atoms with van der Waals surface area (Å²) in [5.41, 5.74) is 6.46. The van der Waals surface area contributed by atoms with E-state index in [0.717, 1.165) is 35.4 Å². The smallest absolute Gasteiger partial charge is 0.258 e. The van der Waals surface area contributed by atoms with Crippen LogP contribution in [0.15, 0.2) is 57.6 Å². The first kappa shape index (κ1) is 24.4. The van der Waals surface area contributed by atoms with Crippen molar-refractivity contribution in [3.63, 3.8) is 0 Å². The number of aromatic nitrogens is 2. The van der Waals surface area contributed by atoms with Gasteiger partial charge in [0.2, 0.25) is 5.82 Å². The highest BCUT2D eigenvalue weighted by atomic mass is 32.2. The van der Waals surface area contributed by atoms with E-state index < -0.39 is 0 Å². The highest BCUT2D eigenvalue weighted by Crippen LogP contribution is 2.38. The lowest BCUT2D eigenvalue weighted by Gasteiger charge is -2.37. The normalized spacial score (nSPS) is 16.2. The Balaban J connectivity index is 1.76. The summed E-state index contributed by atoms with van der Waals surface area (Å²) in [4.78, 5) is 8.09. The van der Waals surface area contributed by atoms with E-state index in [1.54, 1.807) is 18.9 Å². The zero-order valence-electron chi connectivity index (χ0n) is 20.2. The highest BCUT2D eigenvalue weighted by Gasteiger charge is 2.34. The Morgan fingerprint density at radius 1 is 1.12 bits per heavy atom. The molecule has 0 radical (unpaired) electrons. The number of nitrogens with zero attached hydrogens (tertiary/aromatic N) is 3. The van der Waals surface area contributed by atoms with Crippen LogP contribution in [0.5, 0.6) is 0 Å². The predicted octanol–water partition coefficient (Wildman–Crippen LogP) is 5.77. The van der Waals surface area contributed by atoms with Gasteiger partial charge in [-0.15, -0.1) is 11.8 Å². The molecule has 0 saturated carbocycles. The zero-order valence-corrected chi connectivity index (χ0v) is 21.8. The monoisotopic (exact) mass is 494 g/mol. The third-order valence-corrected chi connectivity index (χ3v) is 7.28. The Hall–Kier alpha value is -2.68. The largest absolute Gasteiger partial charge is 0.385 e. The van der Waals surface area contributed by atoms with Crippen molar-refractivity contribution < 1.29 is 9.26 Å². The molecule has 1 aromatic heterocycles. The molecule has 1 aliphatic rings. The van der Waals surface area contributed by atoms with Crippen LogP contribution < -0.4 is 5.32 Å². The number of allylic oxidation sites excluding steroid dienone is 1. The van der Waals surface area contributed by atoms with Gasteiger partial charge < -0.3 is 19.5 Å². The van der Waals surface area contributed by atoms with Crippen LogP contribution in [0.3, 0.4) is 0 Å². The van der Waals surface area contributed by atoms with Gasteiger partial charge in [0.15, 0.2) is 5.11 Å². The highest BCUT2D eigenvalue weighted by molar-refractivity contribution is 7.98. The number of methoxy groups -OCH3 is 1. The van der Waals surface area contributed by atoms with Crippen molar-refractivity contribution in [3.05, 3.63) is 70.7 Å². The summed E-state index contributed by atoms with van der Waals surface area (Å²) >= 11 is 7.47. The lowest BCUT2D eigenvalue weighted by atomic mass is 9.92. The summed E-state index contributed by atoms with van der Waals surface area (Å²) in [6.07, 6.45) is 2.91. The lowest BCUT2D eigenvalue weighted by molar-refractivity contribution is 0.188. The Kier molecular flexibility index (Phi) is 7.70. The Morgan fingerprint density at radius 2 is 1.88 bits per heavy atom. The van der Waals surface area contributed by atoms with E-state index in [1.807, 2.05) is 12.1 Å². The molecule has 8 heteroatoms. The van der Waals surface area contributed by atoms with Gasteiger partial charge >= 0.3 is 0 Å². The standard InChI is InChI=1S/C26H30N4O2S2/c1-16-7-8-20(15-17(16)2)23-22(18(3)30(26(33)27-23)13-6-14-31-4)25-28-24(29-32-25)19-9-11-21(34-5)12-10-19/h7-12,15,23H,6,13-14H2,1-5H3,(H,27,33). The summed E-state index contributed by atoms with van der Waals surface area (Å²) in [5, 5.41) is 8.52. The van der Waals surface area contributed by atoms with E-state index in [4.69, 9.17) is 26.5 Å². The minimum Gasteiger partial charge on any atom is -0.385 e. The number of aryl methyl sites for hydroxylation is 2. The van der Waals surface area contributed by atoms with Crippen LogP contribution in [0.1, 0.15) is 42.0 Å². The number of hydrogen-bond acceptors (Lipinski definition) is 6. The summed E-state index contributed by atoms with van der Waals surface area (Å²) in [6.45, 7) is 7.71. The van der Waals surface area contributed by atoms with Gasteiger partial charge in [-0.25, -0.2) is 0 Å². The Labute approximate surface area is 210 Å². The van der Waals surface area contributed by atoms with Gasteiger partial charge in [0.05, 0.1) is 11.6 Å². The molecule has 0 saturated heterocycles. The molecule has 0 aliphatic carbocycles. The van der Waals surface area contributed by atoms with Gasteiger partial charge in [-0.1, -0.05) is 23.4 Å². The molecule has 0 fully saturated rings. The van der Waals surface area contributed by atoms with Gasteiger partial charge in [-0.3, -0.25) is 0 Å². The maximum Gasteiger partial charge on any atom is 0.258 e. The second kappa shape index (κ2) is 10.7. The van der Waals surface area contributed by atoms with Gasteiger partial charge in [0.1, 0.15) is 0 Å². The Morgan fingerprint density at radius 3 is 2.56 bits per heavy atom. The van der Waals surface area contributed by atoms with Crippen molar-refractivity contribution in [2.75, 3.05) is 26.5 Å². The molecule has 1 aliphatic heterocycles. The number of thiocarbonyl (C=S) groups is 1. The van der Waals surface area contributed by atoms with Crippen LogP contribution in [0, 0.1) is 13.8 Å². The van der Waals surface area contributed by atoms with E-state index in [2.05, 4.69) is 72.7 Å². The molecule has 178 valence electrons. The van der Waals surface area contributed by atoms with Crippen molar-refractivity contribution in [2.45, 2.75) is 38.1 Å². The molecular weight excluding hydrogens is 464 g/mol. The van der Waals surface area contributed by atoms with Gasteiger partial charge in [-0.2, -0.15) is 4.98 Å². The summed E-state index contributed by atoms with van der Waals surface area (Å²) in [7, 11) is 1.71. The number of ether oxygens (including phenoxy) is 1. The lowest BCUT2D eigenvalue weighted by Crippen LogP contribution is -2.46. The molecule has 2 aromatic carbocycles. The van der Waals surface area contributed by atoms with Crippen LogP contribution >= 0.6 is 24.0 Å². The molecule has 1 atom stereocenters. The first-order chi connectivity index (χ1) is 16.4. The minimum atomic E-state index is -0.183. The van der Waals surface area contributed by atoms with Crippen molar-refractivity contribution in [1.29, 1.82) is 0 Å². The van der Waals surface area contributed by atoms with Crippen LogP contribution in [-0.4, -0.2) is 46.7 Å². The van der Waals surface area contributed by atoms with E-state index in [1.165, 1.54) is 16.0 Å². The SMILES string of the molecule is COCCCN1C(=S)NC(c2ccc(C)c(C)c2)C(c2nc(-c3ccc(SC)cc3)no2)=C1C. The maximum absolute atomic E-state index is 5.84. The second-order valence-electron chi connectivity index (χ2n) is 8.37. The van der Waals surface area contributed by atoms with Crippen molar-refractivity contribution in [3.8, 4) is 11.4 Å². The molecule has 34 heavy (non-hydrogen) atoms. The van der Waals surface area contributed by atoms with Crippen LogP contribution in [0.25, 0.3) is 17.0 Å². The van der Waals surface area contributed by atoms with E-state index >= 15 is 0 Å². The molecule has 0 bridgehead atoms. The number of benzene rings is 2. The average molecular weight is 495 g/mol. The van der Waals surface area contributed by atoms with Crippen LogP contribution in [0.4, 0.5) is 0 Å². The third-order valence-electron chi connectivity index (χ3n) is 6.20. The van der Waals surface area contributed by atoms with Crippen LogP contribution in [-0.2, 0) is 4.74 Å². The zero-order chi connectivity index (χ0) is 24.2. The molecule has 2 heterocycles. The predicted molar refractivity (Wildman–Crippen MR) is 142 cm³/mol. The fraction of sp³-hybridized carbons (Fsp3) is 0.346. The summed E-state index contributed by atoms with van der Waals surface area (Å²) in [5.74, 6) is 1.07. The molecule has 1 unspecified atom stereocenters. The van der Waals surface area contributed by atoms with Gasteiger partial charge in [0, 0.05) is 36.4 Å². The number of rotatable bonds is 8. The molecule has 0 spiro atoms. The van der Waals surface area contributed by atoms with E-state index in [9.17, 15) is 0 Å². The molecule has 4 rings (SSSR count). The first-order valence-electron chi connectivity index (χ1n) is 11.3. The minimum absolute atomic E-state index is 0.183. The molecule has 3 aromatic rings. The van der Waals surface area contributed by atoms with Gasteiger partial charge in [0.25, 0.3) is 5.89 Å². The fourth-order valence-electron chi connectivity index (χ4n) is 4.08. The first-order valence-corrected chi connectivity index (χ1v) is 12.9. The van der Waals surface area contributed by atoms with Crippen molar-refractivity contribution in [1.82, 2.24) is 20.4 Å². The van der Waals surface area contributed by atoms with E-state index in [-0.39, 0.29) is 6.04 Å². The molecule has 1 N–H and O–H groups in total. The van der Waals surface area contributed by atoms with E-state index in [0.29, 0.717) is 23.4 Å². The molecule has 6 nitrogen and oxygen atoms in total. The second-order valence-corrected chi connectivity index (χ2v) is 9.64. The maximum atomic E-state index is 5.84. The molecule has 0 amide bonds. The Bertz CT molecular complexity index is 1200. The topological polar surface area (TPSA) is 63.4 Å². The number of nitrogens with one attached hydrogen (secondary N) is 1. The fourth-order valence-corrected chi connectivity index (χ4v) is 4.83. The van der Waals surface area contributed by atoms with Crippen molar-refractivity contribution >= 4 is 34.7 Å². The number of thioether (sulfide) groups is 1. The summed E-state index contributed by atoms with van der Waals surface area (Å²) < 4.78 is 11.1. The molecular formula is C26H30N4O2S2. The average Bonchev–Trinajstić information content (AvgIpc) is 3.32. The quantitative estimate of drug-likeness (QED) is 0.240. The third kappa shape index (κ3) is 5.04. The van der Waals surface area contributed by atoms with Crippen molar-refractivity contribution in [2.24, 2.45) is 0 Å². The number of hydrogen-bond donors (Lipinski definition) is 1. The summed E-state index contributed by atoms with van der Waals surface area (Å²) in [6, 6.07) is 14.5. The van der Waals surface area contributed by atoms with Crippen LogP contribution in [0.2, 0.25) is 0 Å².